The Morgan fingerprint density at radius 2 is 1.84 bits per heavy atom. The number of carbonyl (C=O) groups excluding carboxylic acids is 1. The number of amides is 1. The van der Waals surface area contributed by atoms with Crippen LogP contribution in [0.4, 0.5) is 0 Å². The Morgan fingerprint density at radius 1 is 1.06 bits per heavy atom. The Labute approximate surface area is 183 Å². The summed E-state index contributed by atoms with van der Waals surface area (Å²) in [5, 5.41) is 3.14. The van der Waals surface area contributed by atoms with Gasteiger partial charge in [-0.25, -0.2) is 9.50 Å². The van der Waals surface area contributed by atoms with Gasteiger partial charge in [0.15, 0.2) is 17.1 Å². The van der Waals surface area contributed by atoms with Crippen LogP contribution < -0.4 is 15.0 Å². The third-order valence-corrected chi connectivity index (χ3v) is 5.94. The Hall–Kier alpha value is -4.07. The van der Waals surface area contributed by atoms with Crippen molar-refractivity contribution in [3.63, 3.8) is 0 Å². The van der Waals surface area contributed by atoms with E-state index in [1.807, 2.05) is 54.6 Å². The molecule has 8 heteroatoms. The number of H-pyrrole nitrogens is 1. The van der Waals surface area contributed by atoms with Crippen molar-refractivity contribution in [3.8, 4) is 22.8 Å². The van der Waals surface area contributed by atoms with Crippen molar-refractivity contribution in [1.82, 2.24) is 19.5 Å². The zero-order valence-corrected chi connectivity index (χ0v) is 17.2. The number of benzene rings is 2. The molecule has 0 spiro atoms. The van der Waals surface area contributed by atoms with E-state index < -0.39 is 6.10 Å². The van der Waals surface area contributed by atoms with Gasteiger partial charge in [-0.2, -0.15) is 0 Å². The Morgan fingerprint density at radius 3 is 2.69 bits per heavy atom. The van der Waals surface area contributed by atoms with E-state index in [0.29, 0.717) is 35.7 Å². The van der Waals surface area contributed by atoms with Crippen molar-refractivity contribution < 1.29 is 14.3 Å². The number of carbonyl (C=O) groups is 1. The van der Waals surface area contributed by atoms with Crippen molar-refractivity contribution in [2.45, 2.75) is 19.1 Å². The lowest BCUT2D eigenvalue weighted by Gasteiger charge is -2.33. The molecule has 0 aliphatic carbocycles. The maximum absolute atomic E-state index is 13.2. The van der Waals surface area contributed by atoms with E-state index in [1.54, 1.807) is 11.0 Å². The highest BCUT2D eigenvalue weighted by molar-refractivity contribution is 5.82. The molecule has 1 atom stereocenters. The number of nitrogens with one attached hydrogen (secondary N) is 1. The molecular weight excluding hydrogens is 408 g/mol. The number of nitrogens with zero attached hydrogens (tertiary/aromatic N) is 3. The quantitative estimate of drug-likeness (QED) is 0.530. The van der Waals surface area contributed by atoms with Gasteiger partial charge in [0.1, 0.15) is 6.61 Å². The second-order valence-corrected chi connectivity index (χ2v) is 7.95. The van der Waals surface area contributed by atoms with E-state index in [1.165, 1.54) is 4.52 Å². The van der Waals surface area contributed by atoms with Crippen LogP contribution in [0.2, 0.25) is 0 Å². The lowest BCUT2D eigenvalue weighted by molar-refractivity contribution is -0.142. The van der Waals surface area contributed by atoms with E-state index in [4.69, 9.17) is 14.5 Å². The average molecular weight is 428 g/mol. The zero-order chi connectivity index (χ0) is 21.7. The first kappa shape index (κ1) is 18.7. The van der Waals surface area contributed by atoms with Gasteiger partial charge in [0.05, 0.1) is 23.5 Å². The molecule has 2 aromatic carbocycles. The highest BCUT2D eigenvalue weighted by Crippen LogP contribution is 2.31. The molecular formula is C24H20N4O4. The number of fused-ring (bicyclic) bond motifs is 3. The van der Waals surface area contributed by atoms with E-state index in [0.717, 1.165) is 17.0 Å². The standard InChI is InChI=1S/C24H20N4O4/c29-23-16-13-27(24(30)21-14-31-19-8-4-5-9-20(19)32-21)11-10-17(16)25-22-12-18(26-28(22)23)15-6-2-1-3-7-15/h1-9,12,21,26H,10-11,13-14H2. The lowest BCUT2D eigenvalue weighted by Crippen LogP contribution is -2.49. The average Bonchev–Trinajstić information content (AvgIpc) is 3.28. The van der Waals surface area contributed by atoms with Gasteiger partial charge in [-0.3, -0.25) is 14.7 Å². The molecule has 2 aliphatic rings. The molecule has 32 heavy (non-hydrogen) atoms. The van der Waals surface area contributed by atoms with Gasteiger partial charge in [-0.15, -0.1) is 0 Å². The fraction of sp³-hybridized carbons (Fsp3) is 0.208. The first-order valence-corrected chi connectivity index (χ1v) is 10.5. The minimum atomic E-state index is -0.735. The predicted molar refractivity (Wildman–Crippen MR) is 117 cm³/mol. The second-order valence-electron chi connectivity index (χ2n) is 7.95. The lowest BCUT2D eigenvalue weighted by atomic mass is 10.1. The SMILES string of the molecule is O=C(C1COc2ccccc2O1)N1CCc2nc3cc(-c4ccccc4)[nH]n3c(=O)c2C1. The normalized spacial score (nSPS) is 17.2. The van der Waals surface area contributed by atoms with Crippen LogP contribution in [-0.2, 0) is 17.8 Å². The molecule has 2 aliphatic heterocycles. The fourth-order valence-electron chi connectivity index (χ4n) is 4.28. The van der Waals surface area contributed by atoms with Gasteiger partial charge in [0, 0.05) is 19.0 Å². The molecule has 8 nitrogen and oxygen atoms in total. The van der Waals surface area contributed by atoms with Crippen LogP contribution in [0, 0.1) is 0 Å². The molecule has 0 saturated carbocycles. The number of rotatable bonds is 2. The third-order valence-electron chi connectivity index (χ3n) is 5.94. The highest BCUT2D eigenvalue weighted by Gasteiger charge is 2.34. The van der Waals surface area contributed by atoms with Crippen LogP contribution in [0.5, 0.6) is 11.5 Å². The Kier molecular flexibility index (Phi) is 4.24. The van der Waals surface area contributed by atoms with Gasteiger partial charge in [-0.1, -0.05) is 42.5 Å². The summed E-state index contributed by atoms with van der Waals surface area (Å²) in [6, 6.07) is 18.9. The summed E-state index contributed by atoms with van der Waals surface area (Å²) in [5.74, 6) is 0.996. The van der Waals surface area contributed by atoms with Crippen molar-refractivity contribution >= 4 is 11.6 Å². The Balaban J connectivity index is 1.29. The molecule has 2 aromatic heterocycles. The molecule has 0 radical (unpaired) electrons. The van der Waals surface area contributed by atoms with E-state index in [9.17, 15) is 9.59 Å². The minimum Gasteiger partial charge on any atom is -0.485 e. The van der Waals surface area contributed by atoms with Crippen molar-refractivity contribution in [2.24, 2.45) is 0 Å². The molecule has 160 valence electrons. The van der Waals surface area contributed by atoms with Crippen LogP contribution >= 0.6 is 0 Å². The maximum Gasteiger partial charge on any atom is 0.277 e. The maximum atomic E-state index is 13.2. The molecule has 4 heterocycles. The van der Waals surface area contributed by atoms with Crippen LogP contribution in [-0.4, -0.2) is 44.7 Å². The third kappa shape index (κ3) is 3.03. The van der Waals surface area contributed by atoms with E-state index in [2.05, 4.69) is 5.10 Å². The highest BCUT2D eigenvalue weighted by atomic mass is 16.6. The second kappa shape index (κ2) is 7.26. The molecule has 6 rings (SSSR count). The molecule has 1 amide bonds. The van der Waals surface area contributed by atoms with Gasteiger partial charge >= 0.3 is 0 Å². The van der Waals surface area contributed by atoms with Gasteiger partial charge in [0.25, 0.3) is 11.5 Å². The van der Waals surface area contributed by atoms with Crippen molar-refractivity contribution in [1.29, 1.82) is 0 Å². The van der Waals surface area contributed by atoms with Crippen molar-refractivity contribution in [3.05, 3.63) is 82.3 Å². The van der Waals surface area contributed by atoms with Gasteiger partial charge < -0.3 is 14.4 Å². The van der Waals surface area contributed by atoms with Crippen LogP contribution in [0.1, 0.15) is 11.3 Å². The van der Waals surface area contributed by atoms with Gasteiger partial charge in [-0.05, 0) is 17.7 Å². The first-order valence-electron chi connectivity index (χ1n) is 10.5. The first-order chi connectivity index (χ1) is 15.7. The Bertz CT molecular complexity index is 1390. The van der Waals surface area contributed by atoms with E-state index in [-0.39, 0.29) is 24.6 Å². The number of aromatic amines is 1. The summed E-state index contributed by atoms with van der Waals surface area (Å²) in [6.07, 6.45) is -0.218. The number of aromatic nitrogens is 3. The summed E-state index contributed by atoms with van der Waals surface area (Å²) in [6.45, 7) is 0.822. The molecule has 1 N–H and O–H groups in total. The molecule has 4 aromatic rings. The minimum absolute atomic E-state index is 0.145. The predicted octanol–water partition coefficient (Wildman–Crippen LogP) is 2.41. The van der Waals surface area contributed by atoms with E-state index >= 15 is 0 Å². The summed E-state index contributed by atoms with van der Waals surface area (Å²) >= 11 is 0. The molecule has 1 unspecified atom stereocenters. The monoisotopic (exact) mass is 428 g/mol. The molecule has 0 fully saturated rings. The number of ether oxygens (including phenoxy) is 2. The summed E-state index contributed by atoms with van der Waals surface area (Å²) in [5.41, 5.74) is 3.45. The summed E-state index contributed by atoms with van der Waals surface area (Å²) in [4.78, 5) is 32.7. The van der Waals surface area contributed by atoms with Crippen LogP contribution in [0.15, 0.2) is 65.5 Å². The molecule has 0 bridgehead atoms. The topological polar surface area (TPSA) is 88.9 Å². The van der Waals surface area contributed by atoms with Gasteiger partial charge in [0.2, 0.25) is 6.10 Å². The number of hydrogen-bond acceptors (Lipinski definition) is 5. The molecule has 0 saturated heterocycles. The smallest absolute Gasteiger partial charge is 0.277 e. The van der Waals surface area contributed by atoms with Crippen LogP contribution in [0.25, 0.3) is 16.9 Å². The number of hydrogen-bond donors (Lipinski definition) is 1. The largest absolute Gasteiger partial charge is 0.485 e. The van der Waals surface area contributed by atoms with Crippen LogP contribution in [0.3, 0.4) is 0 Å². The van der Waals surface area contributed by atoms with Crippen molar-refractivity contribution in [2.75, 3.05) is 13.2 Å². The summed E-state index contributed by atoms with van der Waals surface area (Å²) in [7, 11) is 0. The fourth-order valence-corrected chi connectivity index (χ4v) is 4.28. The summed E-state index contributed by atoms with van der Waals surface area (Å²) < 4.78 is 13.0. The number of para-hydroxylation sites is 2. The zero-order valence-electron chi connectivity index (χ0n) is 17.2.